The smallest absolute Gasteiger partial charge is 0.341 e. The van der Waals surface area contributed by atoms with E-state index in [0.29, 0.717) is 13.0 Å². The van der Waals surface area contributed by atoms with Crippen LogP contribution in [0.3, 0.4) is 0 Å². The van der Waals surface area contributed by atoms with Crippen molar-refractivity contribution in [3.05, 3.63) is 63.7 Å². The number of hydrogen-bond acceptors (Lipinski definition) is 7. The van der Waals surface area contributed by atoms with Crippen molar-refractivity contribution in [2.24, 2.45) is 0 Å². The number of nitrogens with two attached hydrogens (primary N) is 1. The number of amides is 1. The minimum atomic E-state index is -1.08. The van der Waals surface area contributed by atoms with E-state index in [0.717, 1.165) is 17.4 Å². The first kappa shape index (κ1) is 20.7. The maximum atomic E-state index is 12.2. The van der Waals surface area contributed by atoms with Crippen LogP contribution in [0.2, 0.25) is 0 Å². The molecule has 0 aliphatic carbocycles. The summed E-state index contributed by atoms with van der Waals surface area (Å²) in [7, 11) is 1.58. The van der Waals surface area contributed by atoms with E-state index in [1.165, 1.54) is 19.1 Å². The summed E-state index contributed by atoms with van der Waals surface area (Å²) < 4.78 is 10.2. The summed E-state index contributed by atoms with van der Waals surface area (Å²) >= 11 is 0. The summed E-state index contributed by atoms with van der Waals surface area (Å²) in [4.78, 5) is 34.5. The molecule has 2 aromatic carbocycles. The van der Waals surface area contributed by atoms with Gasteiger partial charge in [0.2, 0.25) is 0 Å². The van der Waals surface area contributed by atoms with Crippen LogP contribution in [0.5, 0.6) is 5.75 Å². The van der Waals surface area contributed by atoms with Gasteiger partial charge in [-0.25, -0.2) is 4.79 Å². The van der Waals surface area contributed by atoms with Crippen molar-refractivity contribution in [3.8, 4) is 5.75 Å². The Balaban J connectivity index is 1.88. The molecule has 2 rings (SSSR count). The van der Waals surface area contributed by atoms with Crippen LogP contribution in [0.1, 0.15) is 22.8 Å². The van der Waals surface area contributed by atoms with Crippen LogP contribution in [0, 0.1) is 10.1 Å². The van der Waals surface area contributed by atoms with Crippen LogP contribution in [-0.4, -0.2) is 36.6 Å². The standard InChI is InChI=1S/C19H21N3O6/c1-12(18(23)21-10-9-13-3-6-15(27-2)7-4-13)28-19(24)16-11-14(22(25)26)5-8-17(16)20/h3-8,11-12H,9-10,20H2,1-2H3,(H,21,23). The summed E-state index contributed by atoms with van der Waals surface area (Å²) in [5.74, 6) is -0.640. The van der Waals surface area contributed by atoms with Crippen molar-refractivity contribution in [1.82, 2.24) is 5.32 Å². The van der Waals surface area contributed by atoms with Crippen molar-refractivity contribution in [2.45, 2.75) is 19.4 Å². The number of ether oxygens (including phenoxy) is 2. The third-order valence-electron chi connectivity index (χ3n) is 3.99. The first-order chi connectivity index (χ1) is 13.3. The molecule has 1 atom stereocenters. The lowest BCUT2D eigenvalue weighted by atomic mass is 10.1. The van der Waals surface area contributed by atoms with Crippen LogP contribution in [-0.2, 0) is 16.0 Å². The molecule has 1 unspecified atom stereocenters. The molecule has 0 heterocycles. The summed E-state index contributed by atoms with van der Waals surface area (Å²) in [5.41, 5.74) is 6.26. The second-order valence-corrected chi connectivity index (χ2v) is 5.97. The fourth-order valence-corrected chi connectivity index (χ4v) is 2.38. The molecule has 2 aromatic rings. The Hall–Kier alpha value is -3.62. The highest BCUT2D eigenvalue weighted by atomic mass is 16.6. The topological polar surface area (TPSA) is 134 Å². The Labute approximate surface area is 161 Å². The van der Waals surface area contributed by atoms with E-state index in [2.05, 4.69) is 5.32 Å². The van der Waals surface area contributed by atoms with Crippen molar-refractivity contribution in [1.29, 1.82) is 0 Å². The molecular formula is C19H21N3O6. The van der Waals surface area contributed by atoms with Crippen molar-refractivity contribution < 1.29 is 24.0 Å². The van der Waals surface area contributed by atoms with E-state index < -0.39 is 22.9 Å². The summed E-state index contributed by atoms with van der Waals surface area (Å²) in [6, 6.07) is 10.9. The number of carbonyl (C=O) groups excluding carboxylic acids is 2. The lowest BCUT2D eigenvalue weighted by molar-refractivity contribution is -0.384. The number of non-ortho nitro benzene ring substituents is 1. The summed E-state index contributed by atoms with van der Waals surface area (Å²) in [6.07, 6.45) is -0.490. The van der Waals surface area contributed by atoms with Gasteiger partial charge in [0.15, 0.2) is 6.10 Å². The third-order valence-corrected chi connectivity index (χ3v) is 3.99. The quantitative estimate of drug-likeness (QED) is 0.306. The molecule has 0 aliphatic heterocycles. The predicted octanol–water partition coefficient (Wildman–Crippen LogP) is 2.09. The molecule has 0 saturated heterocycles. The van der Waals surface area contributed by atoms with Gasteiger partial charge in [0.1, 0.15) is 5.75 Å². The van der Waals surface area contributed by atoms with Gasteiger partial charge in [-0.2, -0.15) is 0 Å². The van der Waals surface area contributed by atoms with Crippen LogP contribution in [0.15, 0.2) is 42.5 Å². The van der Waals surface area contributed by atoms with Gasteiger partial charge in [-0.1, -0.05) is 12.1 Å². The molecular weight excluding hydrogens is 366 g/mol. The fraction of sp³-hybridized carbons (Fsp3) is 0.263. The Kier molecular flexibility index (Phi) is 6.91. The lowest BCUT2D eigenvalue weighted by Gasteiger charge is -2.14. The van der Waals surface area contributed by atoms with Crippen LogP contribution in [0.4, 0.5) is 11.4 Å². The van der Waals surface area contributed by atoms with Crippen molar-refractivity contribution >= 4 is 23.3 Å². The molecule has 0 aliphatic rings. The molecule has 0 radical (unpaired) electrons. The van der Waals surface area contributed by atoms with E-state index in [9.17, 15) is 19.7 Å². The van der Waals surface area contributed by atoms with Crippen molar-refractivity contribution in [2.75, 3.05) is 19.4 Å². The third kappa shape index (κ3) is 5.44. The summed E-state index contributed by atoms with van der Waals surface area (Å²) in [5, 5.41) is 13.5. The Morgan fingerprint density at radius 2 is 1.89 bits per heavy atom. The fourth-order valence-electron chi connectivity index (χ4n) is 2.38. The molecule has 148 valence electrons. The minimum absolute atomic E-state index is 0.0303. The first-order valence-electron chi connectivity index (χ1n) is 8.47. The van der Waals surface area contributed by atoms with Gasteiger partial charge in [0.05, 0.1) is 17.6 Å². The number of nitro groups is 1. The number of esters is 1. The number of nitrogens with zero attached hydrogens (tertiary/aromatic N) is 1. The van der Waals surface area contributed by atoms with Crippen LogP contribution >= 0.6 is 0 Å². The molecule has 0 saturated carbocycles. The number of hydrogen-bond donors (Lipinski definition) is 2. The molecule has 0 spiro atoms. The van der Waals surface area contributed by atoms with Crippen molar-refractivity contribution in [3.63, 3.8) is 0 Å². The largest absolute Gasteiger partial charge is 0.497 e. The SMILES string of the molecule is COc1ccc(CCNC(=O)C(C)OC(=O)c2cc([N+](=O)[O-])ccc2N)cc1. The van der Waals surface area contributed by atoms with Gasteiger partial charge in [-0.05, 0) is 37.1 Å². The normalized spacial score (nSPS) is 11.4. The Morgan fingerprint density at radius 1 is 1.21 bits per heavy atom. The van der Waals surface area contributed by atoms with E-state index in [-0.39, 0.29) is 16.9 Å². The molecule has 9 heteroatoms. The van der Waals surface area contributed by atoms with Crippen LogP contribution < -0.4 is 15.8 Å². The predicted molar refractivity (Wildman–Crippen MR) is 102 cm³/mol. The van der Waals surface area contributed by atoms with Gasteiger partial charge in [-0.3, -0.25) is 14.9 Å². The minimum Gasteiger partial charge on any atom is -0.497 e. The average Bonchev–Trinajstić information content (AvgIpc) is 2.68. The second kappa shape index (κ2) is 9.36. The number of carbonyl (C=O) groups is 2. The number of nitro benzene ring substituents is 1. The highest BCUT2D eigenvalue weighted by molar-refractivity contribution is 5.97. The number of anilines is 1. The highest BCUT2D eigenvalue weighted by Crippen LogP contribution is 2.21. The number of methoxy groups -OCH3 is 1. The first-order valence-corrected chi connectivity index (χ1v) is 8.47. The zero-order valence-corrected chi connectivity index (χ0v) is 15.5. The van der Waals surface area contributed by atoms with E-state index in [1.54, 1.807) is 7.11 Å². The monoisotopic (exact) mass is 387 g/mol. The van der Waals surface area contributed by atoms with Gasteiger partial charge < -0.3 is 20.5 Å². The maximum absolute atomic E-state index is 12.2. The molecule has 0 fully saturated rings. The van der Waals surface area contributed by atoms with Gasteiger partial charge in [0.25, 0.3) is 11.6 Å². The molecule has 3 N–H and O–H groups in total. The zero-order chi connectivity index (χ0) is 20.7. The molecule has 0 aromatic heterocycles. The highest BCUT2D eigenvalue weighted by Gasteiger charge is 2.22. The maximum Gasteiger partial charge on any atom is 0.341 e. The van der Waals surface area contributed by atoms with Gasteiger partial charge in [-0.15, -0.1) is 0 Å². The number of nitrogens with one attached hydrogen (secondary N) is 1. The zero-order valence-electron chi connectivity index (χ0n) is 15.5. The number of benzene rings is 2. The number of nitrogen functional groups attached to an aromatic ring is 1. The summed E-state index contributed by atoms with van der Waals surface area (Å²) in [6.45, 7) is 1.76. The van der Waals surface area contributed by atoms with E-state index in [4.69, 9.17) is 15.2 Å². The molecule has 1 amide bonds. The lowest BCUT2D eigenvalue weighted by Crippen LogP contribution is -2.37. The molecule has 28 heavy (non-hydrogen) atoms. The van der Waals surface area contributed by atoms with Gasteiger partial charge >= 0.3 is 5.97 Å². The molecule has 9 nitrogen and oxygen atoms in total. The van der Waals surface area contributed by atoms with E-state index in [1.807, 2.05) is 24.3 Å². The number of rotatable bonds is 8. The van der Waals surface area contributed by atoms with Gasteiger partial charge in [0, 0.05) is 24.4 Å². The Bertz CT molecular complexity index is 866. The Morgan fingerprint density at radius 3 is 2.50 bits per heavy atom. The average molecular weight is 387 g/mol. The second-order valence-electron chi connectivity index (χ2n) is 5.97. The van der Waals surface area contributed by atoms with E-state index >= 15 is 0 Å². The molecule has 0 bridgehead atoms. The van der Waals surface area contributed by atoms with Crippen LogP contribution in [0.25, 0.3) is 0 Å².